The second kappa shape index (κ2) is 5.63. The monoisotopic (exact) mass is 235 g/mol. The van der Waals surface area contributed by atoms with Gasteiger partial charge in [-0.05, 0) is 18.6 Å². The summed E-state index contributed by atoms with van der Waals surface area (Å²) >= 11 is 0. The van der Waals surface area contributed by atoms with E-state index in [1.54, 1.807) is 18.3 Å². The number of nitrogens with zero attached hydrogens (tertiary/aromatic N) is 2. The lowest BCUT2D eigenvalue weighted by Crippen LogP contribution is -2.34. The third-order valence-corrected chi connectivity index (χ3v) is 2.75. The Kier molecular flexibility index (Phi) is 3.93. The van der Waals surface area contributed by atoms with Crippen LogP contribution >= 0.6 is 0 Å². The minimum Gasteiger partial charge on any atom is -0.397 e. The molecule has 0 spiro atoms. The molecule has 1 aromatic rings. The molecule has 1 amide bonds. The van der Waals surface area contributed by atoms with Crippen molar-refractivity contribution < 1.29 is 9.53 Å². The van der Waals surface area contributed by atoms with Gasteiger partial charge in [0.25, 0.3) is 0 Å². The minimum atomic E-state index is 0.104. The number of aromatic nitrogens is 1. The summed E-state index contributed by atoms with van der Waals surface area (Å²) in [5.41, 5.74) is 6.92. The van der Waals surface area contributed by atoms with E-state index in [0.717, 1.165) is 25.3 Å². The number of hydrogen-bond donors (Lipinski definition) is 1. The Balaban J connectivity index is 1.93. The van der Waals surface area contributed by atoms with Crippen molar-refractivity contribution in [2.24, 2.45) is 0 Å². The first-order chi connectivity index (χ1) is 8.25. The Labute approximate surface area is 101 Å². The number of pyridine rings is 1. The Morgan fingerprint density at radius 2 is 2.29 bits per heavy atom. The molecule has 1 aromatic heterocycles. The predicted molar refractivity (Wildman–Crippen MR) is 64.4 cm³/mol. The van der Waals surface area contributed by atoms with E-state index >= 15 is 0 Å². The number of nitrogens with two attached hydrogens (primary N) is 1. The Morgan fingerprint density at radius 1 is 1.41 bits per heavy atom. The minimum absolute atomic E-state index is 0.104. The maximum absolute atomic E-state index is 12.0. The van der Waals surface area contributed by atoms with Crippen LogP contribution in [0.1, 0.15) is 12.1 Å². The zero-order chi connectivity index (χ0) is 12.1. The lowest BCUT2D eigenvalue weighted by atomic mass is 10.2. The van der Waals surface area contributed by atoms with E-state index in [1.807, 2.05) is 4.90 Å². The molecule has 0 radical (unpaired) electrons. The molecule has 92 valence electrons. The van der Waals surface area contributed by atoms with Crippen molar-refractivity contribution in [2.75, 3.05) is 32.0 Å². The van der Waals surface area contributed by atoms with Gasteiger partial charge in [0.15, 0.2) is 0 Å². The van der Waals surface area contributed by atoms with Gasteiger partial charge in [-0.2, -0.15) is 0 Å². The second-order valence-electron chi connectivity index (χ2n) is 4.11. The van der Waals surface area contributed by atoms with Gasteiger partial charge in [-0.15, -0.1) is 0 Å². The normalized spacial score (nSPS) is 16.6. The first-order valence-corrected chi connectivity index (χ1v) is 5.81. The fourth-order valence-electron chi connectivity index (χ4n) is 1.80. The first kappa shape index (κ1) is 11.9. The van der Waals surface area contributed by atoms with Gasteiger partial charge in [-0.25, -0.2) is 0 Å². The van der Waals surface area contributed by atoms with Gasteiger partial charge in [-0.1, -0.05) is 0 Å². The second-order valence-corrected chi connectivity index (χ2v) is 4.11. The maximum atomic E-state index is 12.0. The van der Waals surface area contributed by atoms with Crippen molar-refractivity contribution in [1.82, 2.24) is 9.88 Å². The van der Waals surface area contributed by atoms with Crippen LogP contribution < -0.4 is 5.73 Å². The average molecular weight is 235 g/mol. The summed E-state index contributed by atoms with van der Waals surface area (Å²) in [6.07, 6.45) is 2.81. The number of anilines is 1. The third kappa shape index (κ3) is 3.42. The van der Waals surface area contributed by atoms with E-state index in [4.69, 9.17) is 10.5 Å². The number of carbonyl (C=O) groups excluding carboxylic acids is 1. The number of nitrogen functional groups attached to an aromatic ring is 1. The number of amides is 1. The standard InChI is InChI=1S/C12H17N3O2/c13-10-2-3-11(14-9-10)8-12(16)15-4-1-6-17-7-5-15/h2-3,9H,1,4-8,13H2. The molecule has 2 heterocycles. The molecule has 5 nitrogen and oxygen atoms in total. The SMILES string of the molecule is Nc1ccc(CC(=O)N2CCCOCC2)nc1. The highest BCUT2D eigenvalue weighted by Gasteiger charge is 2.16. The van der Waals surface area contributed by atoms with Gasteiger partial charge in [-0.3, -0.25) is 9.78 Å². The van der Waals surface area contributed by atoms with E-state index in [1.165, 1.54) is 0 Å². The molecular formula is C12H17N3O2. The third-order valence-electron chi connectivity index (χ3n) is 2.75. The van der Waals surface area contributed by atoms with Gasteiger partial charge in [0.1, 0.15) is 0 Å². The van der Waals surface area contributed by atoms with E-state index in [9.17, 15) is 4.79 Å². The topological polar surface area (TPSA) is 68.5 Å². The Bertz CT molecular complexity index is 370. The molecule has 0 unspecified atom stereocenters. The quantitative estimate of drug-likeness (QED) is 0.808. The molecule has 5 heteroatoms. The summed E-state index contributed by atoms with van der Waals surface area (Å²) < 4.78 is 5.31. The molecule has 1 aliphatic rings. The van der Waals surface area contributed by atoms with Crippen molar-refractivity contribution in [1.29, 1.82) is 0 Å². The highest BCUT2D eigenvalue weighted by atomic mass is 16.5. The van der Waals surface area contributed by atoms with Crippen LogP contribution in [0.15, 0.2) is 18.3 Å². The highest BCUT2D eigenvalue weighted by molar-refractivity contribution is 5.78. The highest BCUT2D eigenvalue weighted by Crippen LogP contribution is 2.06. The molecule has 2 rings (SSSR count). The molecule has 0 aromatic carbocycles. The van der Waals surface area contributed by atoms with Crippen LogP contribution in [0.25, 0.3) is 0 Å². The summed E-state index contributed by atoms with van der Waals surface area (Å²) in [4.78, 5) is 18.0. The molecule has 1 saturated heterocycles. The van der Waals surface area contributed by atoms with Gasteiger partial charge in [0.2, 0.25) is 5.91 Å². The van der Waals surface area contributed by atoms with Crippen LogP contribution in [-0.2, 0) is 16.0 Å². The van der Waals surface area contributed by atoms with Crippen LogP contribution in [0.2, 0.25) is 0 Å². The van der Waals surface area contributed by atoms with Crippen molar-refractivity contribution in [3.63, 3.8) is 0 Å². The fourth-order valence-corrected chi connectivity index (χ4v) is 1.80. The maximum Gasteiger partial charge on any atom is 0.228 e. The largest absolute Gasteiger partial charge is 0.397 e. The summed E-state index contributed by atoms with van der Waals surface area (Å²) in [5.74, 6) is 0.104. The molecule has 0 bridgehead atoms. The smallest absolute Gasteiger partial charge is 0.228 e. The molecule has 0 atom stereocenters. The molecule has 1 aliphatic heterocycles. The summed E-state index contributed by atoms with van der Waals surface area (Å²) in [5, 5.41) is 0. The van der Waals surface area contributed by atoms with Crippen LogP contribution in [0.5, 0.6) is 0 Å². The zero-order valence-corrected chi connectivity index (χ0v) is 9.76. The lowest BCUT2D eigenvalue weighted by molar-refractivity contribution is -0.130. The Morgan fingerprint density at radius 3 is 3.06 bits per heavy atom. The number of carbonyl (C=O) groups is 1. The molecule has 1 fully saturated rings. The van der Waals surface area contributed by atoms with Crippen molar-refractivity contribution >= 4 is 11.6 Å². The lowest BCUT2D eigenvalue weighted by Gasteiger charge is -2.19. The van der Waals surface area contributed by atoms with Gasteiger partial charge in [0.05, 0.1) is 24.9 Å². The summed E-state index contributed by atoms with van der Waals surface area (Å²) in [7, 11) is 0. The molecule has 0 saturated carbocycles. The van der Waals surface area contributed by atoms with E-state index in [-0.39, 0.29) is 5.91 Å². The van der Waals surface area contributed by atoms with E-state index in [2.05, 4.69) is 4.98 Å². The van der Waals surface area contributed by atoms with Crippen LogP contribution in [0, 0.1) is 0 Å². The number of rotatable bonds is 2. The van der Waals surface area contributed by atoms with Crippen molar-refractivity contribution in [3.05, 3.63) is 24.0 Å². The number of ether oxygens (including phenoxy) is 1. The predicted octanol–water partition coefficient (Wildman–Crippen LogP) is 0.455. The van der Waals surface area contributed by atoms with Crippen LogP contribution in [0.4, 0.5) is 5.69 Å². The fraction of sp³-hybridized carbons (Fsp3) is 0.500. The Hall–Kier alpha value is -1.62. The molecule has 2 N–H and O–H groups in total. The van der Waals surface area contributed by atoms with Gasteiger partial charge >= 0.3 is 0 Å². The number of hydrogen-bond acceptors (Lipinski definition) is 4. The van der Waals surface area contributed by atoms with Gasteiger partial charge < -0.3 is 15.4 Å². The van der Waals surface area contributed by atoms with E-state index in [0.29, 0.717) is 25.3 Å². The molecular weight excluding hydrogens is 218 g/mol. The van der Waals surface area contributed by atoms with Crippen molar-refractivity contribution in [3.8, 4) is 0 Å². The van der Waals surface area contributed by atoms with Crippen LogP contribution in [-0.4, -0.2) is 42.1 Å². The molecule has 17 heavy (non-hydrogen) atoms. The summed E-state index contributed by atoms with van der Waals surface area (Å²) in [6, 6.07) is 3.56. The molecule has 0 aliphatic carbocycles. The first-order valence-electron chi connectivity index (χ1n) is 5.81. The van der Waals surface area contributed by atoms with Gasteiger partial charge in [0, 0.05) is 25.4 Å². The van der Waals surface area contributed by atoms with Crippen LogP contribution in [0.3, 0.4) is 0 Å². The zero-order valence-electron chi connectivity index (χ0n) is 9.76. The van der Waals surface area contributed by atoms with E-state index < -0.39 is 0 Å². The summed E-state index contributed by atoms with van der Waals surface area (Å²) in [6.45, 7) is 2.81. The average Bonchev–Trinajstić information content (AvgIpc) is 2.61. The van der Waals surface area contributed by atoms with Crippen molar-refractivity contribution in [2.45, 2.75) is 12.8 Å².